The van der Waals surface area contributed by atoms with E-state index in [1.807, 2.05) is 12.1 Å². The quantitative estimate of drug-likeness (QED) is 0.887. The fraction of sp³-hybridized carbons (Fsp3) is 0.533. The number of benzene rings is 1. The molecule has 1 atom stereocenters. The van der Waals surface area contributed by atoms with Crippen LogP contribution < -0.4 is 15.4 Å². The molecule has 1 aromatic carbocycles. The highest BCUT2D eigenvalue weighted by Gasteiger charge is 2.27. The van der Waals surface area contributed by atoms with Crippen molar-refractivity contribution in [3.63, 3.8) is 0 Å². The summed E-state index contributed by atoms with van der Waals surface area (Å²) in [6.07, 6.45) is 3.22. The van der Waals surface area contributed by atoms with E-state index in [-0.39, 0.29) is 0 Å². The van der Waals surface area contributed by atoms with Crippen molar-refractivity contribution in [3.05, 3.63) is 23.8 Å². The summed E-state index contributed by atoms with van der Waals surface area (Å²) in [6.45, 7) is 5.84. The number of hydrogen-bond acceptors (Lipinski definition) is 3. The molecular weight excluding hydrogens is 240 g/mol. The molecule has 104 valence electrons. The monoisotopic (exact) mass is 262 g/mol. The van der Waals surface area contributed by atoms with Gasteiger partial charge >= 0.3 is 0 Å². The van der Waals surface area contributed by atoms with Gasteiger partial charge in [-0.25, -0.2) is 0 Å². The van der Waals surface area contributed by atoms with Gasteiger partial charge in [0.1, 0.15) is 5.75 Å². The van der Waals surface area contributed by atoms with Crippen LogP contribution >= 0.6 is 0 Å². The van der Waals surface area contributed by atoms with E-state index in [9.17, 15) is 4.79 Å². The molecule has 0 aromatic heterocycles. The van der Waals surface area contributed by atoms with Crippen molar-refractivity contribution >= 4 is 11.6 Å². The molecule has 1 aliphatic rings. The predicted octanol–water partition coefficient (Wildman–Crippen LogP) is 2.56. The molecule has 0 radical (unpaired) electrons. The molecule has 1 amide bonds. The molecule has 0 aliphatic carbocycles. The number of primary amides is 1. The van der Waals surface area contributed by atoms with Gasteiger partial charge in [-0.15, -0.1) is 0 Å². The van der Waals surface area contributed by atoms with E-state index >= 15 is 0 Å². The van der Waals surface area contributed by atoms with Crippen molar-refractivity contribution < 1.29 is 9.53 Å². The summed E-state index contributed by atoms with van der Waals surface area (Å²) in [5, 5.41) is 0. The Morgan fingerprint density at radius 1 is 1.53 bits per heavy atom. The van der Waals surface area contributed by atoms with E-state index in [1.165, 1.54) is 0 Å². The maximum Gasteiger partial charge on any atom is 0.250 e. The number of ether oxygens (including phenoxy) is 1. The van der Waals surface area contributed by atoms with Gasteiger partial charge in [-0.05, 0) is 38.3 Å². The maximum absolute atomic E-state index is 11.7. The standard InChI is InChI=1S/C15H22N2O2/c1-3-10-19-13-8-4-7-12(15(16)18)14(13)17-9-5-6-11(17)2/h4,7-8,11H,3,5-6,9-10H2,1-2H3,(H2,16,18). The molecule has 4 heteroatoms. The van der Waals surface area contributed by atoms with E-state index in [2.05, 4.69) is 18.7 Å². The Morgan fingerprint density at radius 3 is 2.89 bits per heavy atom. The summed E-state index contributed by atoms with van der Waals surface area (Å²) >= 11 is 0. The molecule has 0 bridgehead atoms. The number of para-hydroxylation sites is 1. The first-order chi connectivity index (χ1) is 9.15. The second kappa shape index (κ2) is 5.95. The summed E-state index contributed by atoms with van der Waals surface area (Å²) in [5.41, 5.74) is 6.93. The molecule has 19 heavy (non-hydrogen) atoms. The predicted molar refractivity (Wildman–Crippen MR) is 76.8 cm³/mol. The Balaban J connectivity index is 2.42. The van der Waals surface area contributed by atoms with Crippen LogP contribution in [-0.2, 0) is 0 Å². The molecular formula is C15H22N2O2. The van der Waals surface area contributed by atoms with E-state index in [1.54, 1.807) is 6.07 Å². The number of carbonyl (C=O) groups excluding carboxylic acids is 1. The van der Waals surface area contributed by atoms with Gasteiger partial charge in [0, 0.05) is 12.6 Å². The van der Waals surface area contributed by atoms with Crippen LogP contribution in [0.4, 0.5) is 5.69 Å². The first-order valence-corrected chi connectivity index (χ1v) is 6.97. The third-order valence-electron chi connectivity index (χ3n) is 3.57. The summed E-state index contributed by atoms with van der Waals surface area (Å²) in [7, 11) is 0. The van der Waals surface area contributed by atoms with Crippen LogP contribution in [0.2, 0.25) is 0 Å². The topological polar surface area (TPSA) is 55.6 Å². The Bertz CT molecular complexity index is 459. The minimum atomic E-state index is -0.393. The zero-order valence-electron chi connectivity index (χ0n) is 11.7. The van der Waals surface area contributed by atoms with Gasteiger partial charge in [-0.2, -0.15) is 0 Å². The van der Waals surface area contributed by atoms with Crippen LogP contribution in [0.5, 0.6) is 5.75 Å². The van der Waals surface area contributed by atoms with Crippen LogP contribution in [0.3, 0.4) is 0 Å². The van der Waals surface area contributed by atoms with Crippen molar-refractivity contribution in [2.24, 2.45) is 5.73 Å². The Labute approximate surface area is 114 Å². The molecule has 1 unspecified atom stereocenters. The lowest BCUT2D eigenvalue weighted by Crippen LogP contribution is -2.29. The van der Waals surface area contributed by atoms with Crippen molar-refractivity contribution in [3.8, 4) is 5.75 Å². The van der Waals surface area contributed by atoms with Gasteiger partial charge in [-0.3, -0.25) is 4.79 Å². The lowest BCUT2D eigenvalue weighted by atomic mass is 10.1. The molecule has 4 nitrogen and oxygen atoms in total. The third kappa shape index (κ3) is 2.83. The Kier molecular flexibility index (Phi) is 4.30. The highest BCUT2D eigenvalue weighted by atomic mass is 16.5. The third-order valence-corrected chi connectivity index (χ3v) is 3.57. The van der Waals surface area contributed by atoms with Gasteiger partial charge < -0.3 is 15.4 Å². The van der Waals surface area contributed by atoms with Crippen molar-refractivity contribution in [2.45, 2.75) is 39.2 Å². The van der Waals surface area contributed by atoms with Gasteiger partial charge in [0.2, 0.25) is 0 Å². The smallest absolute Gasteiger partial charge is 0.250 e. The molecule has 1 fully saturated rings. The number of rotatable bonds is 5. The minimum absolute atomic E-state index is 0.393. The van der Waals surface area contributed by atoms with Crippen LogP contribution in [-0.4, -0.2) is 25.1 Å². The normalized spacial score (nSPS) is 18.6. The Hall–Kier alpha value is -1.71. The zero-order chi connectivity index (χ0) is 13.8. The van der Waals surface area contributed by atoms with Crippen molar-refractivity contribution in [1.82, 2.24) is 0 Å². The minimum Gasteiger partial charge on any atom is -0.491 e. The molecule has 0 spiro atoms. The van der Waals surface area contributed by atoms with Crippen molar-refractivity contribution in [1.29, 1.82) is 0 Å². The van der Waals surface area contributed by atoms with Crippen LogP contribution in [0, 0.1) is 0 Å². The van der Waals surface area contributed by atoms with Crippen LogP contribution in [0.1, 0.15) is 43.5 Å². The summed E-state index contributed by atoms with van der Waals surface area (Å²) in [4.78, 5) is 13.9. The van der Waals surface area contributed by atoms with Crippen LogP contribution in [0.15, 0.2) is 18.2 Å². The number of hydrogen-bond donors (Lipinski definition) is 1. The van der Waals surface area contributed by atoms with E-state index < -0.39 is 5.91 Å². The molecule has 2 N–H and O–H groups in total. The average molecular weight is 262 g/mol. The largest absolute Gasteiger partial charge is 0.491 e. The second-order valence-electron chi connectivity index (χ2n) is 5.05. The average Bonchev–Trinajstić information content (AvgIpc) is 2.81. The Morgan fingerprint density at radius 2 is 2.32 bits per heavy atom. The maximum atomic E-state index is 11.7. The SMILES string of the molecule is CCCOc1cccc(C(N)=O)c1N1CCCC1C. The summed E-state index contributed by atoms with van der Waals surface area (Å²) in [5.74, 6) is 0.378. The number of nitrogens with zero attached hydrogens (tertiary/aromatic N) is 1. The fourth-order valence-electron chi connectivity index (χ4n) is 2.61. The van der Waals surface area contributed by atoms with Gasteiger partial charge in [0.05, 0.1) is 17.9 Å². The second-order valence-corrected chi connectivity index (χ2v) is 5.05. The van der Waals surface area contributed by atoms with E-state index in [4.69, 9.17) is 10.5 Å². The van der Waals surface area contributed by atoms with E-state index in [0.29, 0.717) is 18.2 Å². The molecule has 2 rings (SSSR count). The number of carbonyl (C=O) groups is 1. The lowest BCUT2D eigenvalue weighted by Gasteiger charge is -2.27. The first-order valence-electron chi connectivity index (χ1n) is 6.97. The molecule has 1 heterocycles. The summed E-state index contributed by atoms with van der Waals surface area (Å²) < 4.78 is 5.79. The molecule has 1 aromatic rings. The van der Waals surface area contributed by atoms with Gasteiger partial charge in [0.15, 0.2) is 0 Å². The first kappa shape index (κ1) is 13.7. The molecule has 1 aliphatic heterocycles. The number of amides is 1. The number of anilines is 1. The molecule has 0 saturated carbocycles. The van der Waals surface area contributed by atoms with Crippen molar-refractivity contribution in [2.75, 3.05) is 18.1 Å². The fourth-order valence-corrected chi connectivity index (χ4v) is 2.61. The number of nitrogens with two attached hydrogens (primary N) is 1. The lowest BCUT2D eigenvalue weighted by molar-refractivity contribution is 0.100. The zero-order valence-corrected chi connectivity index (χ0v) is 11.7. The van der Waals surface area contributed by atoms with Gasteiger partial charge in [0.25, 0.3) is 5.91 Å². The van der Waals surface area contributed by atoms with Gasteiger partial charge in [-0.1, -0.05) is 13.0 Å². The summed E-state index contributed by atoms with van der Waals surface area (Å²) in [6, 6.07) is 5.95. The van der Waals surface area contributed by atoms with E-state index in [0.717, 1.165) is 37.2 Å². The van der Waals surface area contributed by atoms with Crippen LogP contribution in [0.25, 0.3) is 0 Å². The highest BCUT2D eigenvalue weighted by molar-refractivity contribution is 6.00. The molecule has 1 saturated heterocycles. The highest BCUT2D eigenvalue weighted by Crippen LogP contribution is 2.36.